The van der Waals surface area contributed by atoms with Crippen LogP contribution in [0.5, 0.6) is 0 Å². The van der Waals surface area contributed by atoms with Gasteiger partial charge in [-0.2, -0.15) is 0 Å². The van der Waals surface area contributed by atoms with E-state index in [2.05, 4.69) is 5.32 Å². The maximum Gasteiger partial charge on any atom is 0.303 e. The largest absolute Gasteiger partial charge is 0.481 e. The van der Waals surface area contributed by atoms with Gasteiger partial charge >= 0.3 is 5.97 Å². The standard InChI is InChI=1S/C13H23NO4/c1-9(7-13(17)18)6-12(16)14-8-10-2-4-11(15)5-3-10/h9-11,15H,2-8H2,1H3,(H,14,16)(H,17,18). The molecule has 0 radical (unpaired) electrons. The van der Waals surface area contributed by atoms with Gasteiger partial charge in [0.05, 0.1) is 6.10 Å². The summed E-state index contributed by atoms with van der Waals surface area (Å²) in [6.07, 6.45) is 3.65. The minimum Gasteiger partial charge on any atom is -0.481 e. The van der Waals surface area contributed by atoms with Crippen molar-refractivity contribution in [2.24, 2.45) is 11.8 Å². The van der Waals surface area contributed by atoms with Gasteiger partial charge in [0.15, 0.2) is 0 Å². The smallest absolute Gasteiger partial charge is 0.303 e. The molecule has 0 bridgehead atoms. The summed E-state index contributed by atoms with van der Waals surface area (Å²) >= 11 is 0. The van der Waals surface area contributed by atoms with Crippen molar-refractivity contribution >= 4 is 11.9 Å². The Kier molecular flexibility index (Phi) is 6.12. The number of aliphatic hydroxyl groups is 1. The molecular formula is C13H23NO4. The summed E-state index contributed by atoms with van der Waals surface area (Å²) in [5.41, 5.74) is 0. The van der Waals surface area contributed by atoms with Crippen LogP contribution in [0.15, 0.2) is 0 Å². The normalized spacial score (nSPS) is 25.4. The Balaban J connectivity index is 2.15. The van der Waals surface area contributed by atoms with Crippen LogP contribution in [0, 0.1) is 11.8 Å². The van der Waals surface area contributed by atoms with Crippen LogP contribution in [0.4, 0.5) is 0 Å². The third-order valence-corrected chi connectivity index (χ3v) is 3.46. The predicted octanol–water partition coefficient (Wildman–Crippen LogP) is 1.15. The average molecular weight is 257 g/mol. The van der Waals surface area contributed by atoms with E-state index in [1.165, 1.54) is 0 Å². The Morgan fingerprint density at radius 3 is 2.39 bits per heavy atom. The van der Waals surface area contributed by atoms with Crippen molar-refractivity contribution in [1.82, 2.24) is 5.32 Å². The Morgan fingerprint density at radius 1 is 1.22 bits per heavy atom. The zero-order chi connectivity index (χ0) is 13.5. The second-order valence-corrected chi connectivity index (χ2v) is 5.39. The highest BCUT2D eigenvalue weighted by Gasteiger charge is 2.20. The summed E-state index contributed by atoms with van der Waals surface area (Å²) in [7, 11) is 0. The van der Waals surface area contributed by atoms with Gasteiger partial charge in [0.25, 0.3) is 0 Å². The number of carboxylic acid groups (broad SMARTS) is 1. The molecule has 1 fully saturated rings. The Morgan fingerprint density at radius 2 is 1.83 bits per heavy atom. The van der Waals surface area contributed by atoms with Crippen LogP contribution in [0.3, 0.4) is 0 Å². The van der Waals surface area contributed by atoms with Crippen LogP contribution < -0.4 is 5.32 Å². The van der Waals surface area contributed by atoms with Crippen molar-refractivity contribution in [1.29, 1.82) is 0 Å². The van der Waals surface area contributed by atoms with Crippen molar-refractivity contribution < 1.29 is 19.8 Å². The number of carbonyl (C=O) groups is 2. The molecule has 0 saturated heterocycles. The molecule has 1 aliphatic carbocycles. The van der Waals surface area contributed by atoms with Gasteiger partial charge < -0.3 is 15.5 Å². The highest BCUT2D eigenvalue weighted by Crippen LogP contribution is 2.23. The number of rotatable bonds is 6. The van der Waals surface area contributed by atoms with Crippen LogP contribution in [0.2, 0.25) is 0 Å². The van der Waals surface area contributed by atoms with E-state index in [4.69, 9.17) is 5.11 Å². The SMILES string of the molecule is CC(CC(=O)O)CC(=O)NCC1CCC(O)CC1. The number of aliphatic hydroxyl groups excluding tert-OH is 1. The number of carboxylic acids is 1. The minimum atomic E-state index is -0.864. The maximum absolute atomic E-state index is 11.6. The van der Waals surface area contributed by atoms with Crippen LogP contribution in [0.1, 0.15) is 45.4 Å². The lowest BCUT2D eigenvalue weighted by molar-refractivity contribution is -0.138. The Hall–Kier alpha value is -1.10. The van der Waals surface area contributed by atoms with Crippen molar-refractivity contribution in [2.75, 3.05) is 6.54 Å². The molecule has 0 heterocycles. The third kappa shape index (κ3) is 6.00. The first-order valence-corrected chi connectivity index (χ1v) is 6.64. The van der Waals surface area contributed by atoms with Crippen molar-refractivity contribution in [3.8, 4) is 0 Å². The molecule has 3 N–H and O–H groups in total. The fourth-order valence-electron chi connectivity index (χ4n) is 2.37. The number of amides is 1. The van der Waals surface area contributed by atoms with Crippen molar-refractivity contribution in [3.63, 3.8) is 0 Å². The molecule has 1 unspecified atom stereocenters. The number of nitrogens with one attached hydrogen (secondary N) is 1. The van der Waals surface area contributed by atoms with Crippen LogP contribution in [0.25, 0.3) is 0 Å². The molecule has 104 valence electrons. The third-order valence-electron chi connectivity index (χ3n) is 3.46. The number of hydrogen-bond acceptors (Lipinski definition) is 3. The van der Waals surface area contributed by atoms with E-state index in [0.29, 0.717) is 12.5 Å². The van der Waals surface area contributed by atoms with Crippen LogP contribution in [-0.2, 0) is 9.59 Å². The van der Waals surface area contributed by atoms with E-state index < -0.39 is 5.97 Å². The highest BCUT2D eigenvalue weighted by atomic mass is 16.4. The molecule has 1 atom stereocenters. The Labute approximate surface area is 108 Å². The molecule has 0 aromatic heterocycles. The van der Waals surface area contributed by atoms with E-state index >= 15 is 0 Å². The summed E-state index contributed by atoms with van der Waals surface area (Å²) < 4.78 is 0. The zero-order valence-electron chi connectivity index (χ0n) is 10.9. The number of aliphatic carboxylic acids is 1. The molecule has 5 heteroatoms. The second kappa shape index (κ2) is 7.36. The first-order chi connectivity index (χ1) is 8.47. The molecule has 1 rings (SSSR count). The van der Waals surface area contributed by atoms with E-state index in [1.54, 1.807) is 6.92 Å². The van der Waals surface area contributed by atoms with Gasteiger partial charge in [-0.1, -0.05) is 6.92 Å². The molecule has 0 spiro atoms. The quantitative estimate of drug-likeness (QED) is 0.666. The molecule has 0 aliphatic heterocycles. The van der Waals surface area contributed by atoms with Gasteiger partial charge in [-0.05, 0) is 37.5 Å². The molecule has 0 aromatic rings. The zero-order valence-corrected chi connectivity index (χ0v) is 10.9. The molecule has 1 aliphatic rings. The Bertz CT molecular complexity index is 285. The molecule has 1 amide bonds. The number of carbonyl (C=O) groups excluding carboxylic acids is 1. The van der Waals surface area contributed by atoms with Gasteiger partial charge in [0, 0.05) is 19.4 Å². The lowest BCUT2D eigenvalue weighted by atomic mass is 9.87. The predicted molar refractivity (Wildman–Crippen MR) is 67.0 cm³/mol. The first-order valence-electron chi connectivity index (χ1n) is 6.64. The van der Waals surface area contributed by atoms with Gasteiger partial charge in [0.2, 0.25) is 5.91 Å². The molecule has 5 nitrogen and oxygen atoms in total. The first kappa shape index (κ1) is 15.0. The topological polar surface area (TPSA) is 86.6 Å². The van der Waals surface area contributed by atoms with Crippen LogP contribution in [-0.4, -0.2) is 34.7 Å². The van der Waals surface area contributed by atoms with E-state index in [9.17, 15) is 14.7 Å². The molecule has 1 saturated carbocycles. The highest BCUT2D eigenvalue weighted by molar-refractivity contribution is 5.77. The summed E-state index contributed by atoms with van der Waals surface area (Å²) in [4.78, 5) is 22.1. The van der Waals surface area contributed by atoms with Gasteiger partial charge in [-0.3, -0.25) is 9.59 Å². The fourth-order valence-corrected chi connectivity index (χ4v) is 2.37. The summed E-state index contributed by atoms with van der Waals surface area (Å²) in [5, 5.41) is 20.8. The minimum absolute atomic E-state index is 0.0308. The molecular weight excluding hydrogens is 234 g/mol. The van der Waals surface area contributed by atoms with E-state index in [1.807, 2.05) is 0 Å². The van der Waals surface area contributed by atoms with Crippen molar-refractivity contribution in [2.45, 2.75) is 51.6 Å². The van der Waals surface area contributed by atoms with E-state index in [-0.39, 0.29) is 30.8 Å². The molecule has 0 aromatic carbocycles. The van der Waals surface area contributed by atoms with Gasteiger partial charge in [-0.25, -0.2) is 0 Å². The number of hydrogen-bond donors (Lipinski definition) is 3. The monoisotopic (exact) mass is 257 g/mol. The molecule has 18 heavy (non-hydrogen) atoms. The lowest BCUT2D eigenvalue weighted by Crippen LogP contribution is -2.33. The summed E-state index contributed by atoms with van der Waals surface area (Å²) in [5.74, 6) is -0.616. The van der Waals surface area contributed by atoms with Crippen molar-refractivity contribution in [3.05, 3.63) is 0 Å². The van der Waals surface area contributed by atoms with E-state index in [0.717, 1.165) is 25.7 Å². The second-order valence-electron chi connectivity index (χ2n) is 5.39. The van der Waals surface area contributed by atoms with Gasteiger partial charge in [0.1, 0.15) is 0 Å². The lowest BCUT2D eigenvalue weighted by Gasteiger charge is -2.25. The fraction of sp³-hybridized carbons (Fsp3) is 0.846. The summed E-state index contributed by atoms with van der Waals surface area (Å²) in [6.45, 7) is 2.41. The average Bonchev–Trinajstić information content (AvgIpc) is 2.27. The van der Waals surface area contributed by atoms with Gasteiger partial charge in [-0.15, -0.1) is 0 Å². The maximum atomic E-state index is 11.6. The van der Waals surface area contributed by atoms with Crippen LogP contribution >= 0.6 is 0 Å². The summed E-state index contributed by atoms with van der Waals surface area (Å²) in [6, 6.07) is 0.